The van der Waals surface area contributed by atoms with Crippen molar-refractivity contribution in [1.29, 1.82) is 0 Å². The first kappa shape index (κ1) is 14.7. The molecule has 1 saturated carbocycles. The number of amidine groups is 1. The molecule has 1 aliphatic carbocycles. The summed E-state index contributed by atoms with van der Waals surface area (Å²) in [7, 11) is 1.57. The second-order valence-electron chi connectivity index (χ2n) is 5.38. The number of hydrogen-bond donors (Lipinski definition) is 3. The summed E-state index contributed by atoms with van der Waals surface area (Å²) in [5, 5.41) is 15.4. The molecule has 1 fully saturated rings. The summed E-state index contributed by atoms with van der Waals surface area (Å²) in [6, 6.07) is 6.26. The number of nitrogens with zero attached hydrogens (tertiary/aromatic N) is 1. The SMILES string of the molecule is COc1ccc(CNC(C)C2CCC2)cc1/C(N)=N/O. The highest BCUT2D eigenvalue weighted by atomic mass is 16.5. The molecule has 5 heteroatoms. The van der Waals surface area contributed by atoms with E-state index in [1.807, 2.05) is 18.2 Å². The average molecular weight is 277 g/mol. The fourth-order valence-corrected chi connectivity index (χ4v) is 2.50. The maximum absolute atomic E-state index is 8.82. The third-order valence-corrected chi connectivity index (χ3v) is 4.13. The van der Waals surface area contributed by atoms with Gasteiger partial charge in [0.25, 0.3) is 0 Å². The zero-order chi connectivity index (χ0) is 14.5. The van der Waals surface area contributed by atoms with Crippen molar-refractivity contribution in [2.75, 3.05) is 7.11 Å². The number of ether oxygens (including phenoxy) is 1. The van der Waals surface area contributed by atoms with Crippen molar-refractivity contribution in [3.63, 3.8) is 0 Å². The van der Waals surface area contributed by atoms with Gasteiger partial charge in [0.2, 0.25) is 0 Å². The molecule has 1 atom stereocenters. The Morgan fingerprint density at radius 2 is 2.30 bits per heavy atom. The van der Waals surface area contributed by atoms with Crippen LogP contribution in [-0.2, 0) is 6.54 Å². The minimum absolute atomic E-state index is 0.0655. The summed E-state index contributed by atoms with van der Waals surface area (Å²) in [4.78, 5) is 0. The first-order valence-corrected chi connectivity index (χ1v) is 7.04. The molecule has 0 aliphatic heterocycles. The summed E-state index contributed by atoms with van der Waals surface area (Å²) < 4.78 is 5.22. The highest BCUT2D eigenvalue weighted by Crippen LogP contribution is 2.29. The van der Waals surface area contributed by atoms with Crippen LogP contribution in [0.2, 0.25) is 0 Å². The van der Waals surface area contributed by atoms with Gasteiger partial charge in [-0.1, -0.05) is 17.6 Å². The van der Waals surface area contributed by atoms with Gasteiger partial charge in [-0.3, -0.25) is 0 Å². The summed E-state index contributed by atoms with van der Waals surface area (Å²) in [5.74, 6) is 1.48. The van der Waals surface area contributed by atoms with Crippen molar-refractivity contribution >= 4 is 5.84 Å². The van der Waals surface area contributed by atoms with E-state index in [4.69, 9.17) is 15.7 Å². The van der Waals surface area contributed by atoms with Gasteiger partial charge < -0.3 is 21.0 Å². The van der Waals surface area contributed by atoms with E-state index in [2.05, 4.69) is 17.4 Å². The fourth-order valence-electron chi connectivity index (χ4n) is 2.50. The number of nitrogens with two attached hydrogens (primary N) is 1. The molecule has 0 spiro atoms. The average Bonchev–Trinajstić information content (AvgIpc) is 2.42. The maximum atomic E-state index is 8.82. The lowest BCUT2D eigenvalue weighted by Gasteiger charge is -2.32. The van der Waals surface area contributed by atoms with Gasteiger partial charge >= 0.3 is 0 Å². The van der Waals surface area contributed by atoms with Crippen LogP contribution < -0.4 is 15.8 Å². The topological polar surface area (TPSA) is 79.9 Å². The van der Waals surface area contributed by atoms with E-state index >= 15 is 0 Å². The van der Waals surface area contributed by atoms with Crippen molar-refractivity contribution in [3.05, 3.63) is 29.3 Å². The molecule has 2 rings (SSSR count). The Morgan fingerprint density at radius 1 is 1.55 bits per heavy atom. The summed E-state index contributed by atoms with van der Waals surface area (Å²) in [5.41, 5.74) is 7.39. The molecule has 1 aromatic rings. The van der Waals surface area contributed by atoms with Gasteiger partial charge in [-0.05, 0) is 43.4 Å². The number of nitrogens with one attached hydrogen (secondary N) is 1. The monoisotopic (exact) mass is 277 g/mol. The molecule has 110 valence electrons. The highest BCUT2D eigenvalue weighted by molar-refractivity contribution is 5.99. The molecule has 1 unspecified atom stereocenters. The van der Waals surface area contributed by atoms with Crippen LogP contribution in [0.25, 0.3) is 0 Å². The summed E-state index contributed by atoms with van der Waals surface area (Å²) >= 11 is 0. The third-order valence-electron chi connectivity index (χ3n) is 4.13. The molecular weight excluding hydrogens is 254 g/mol. The van der Waals surface area contributed by atoms with Gasteiger partial charge in [0.15, 0.2) is 5.84 Å². The van der Waals surface area contributed by atoms with Crippen molar-refractivity contribution in [2.45, 2.75) is 38.8 Å². The Morgan fingerprint density at radius 3 is 2.85 bits per heavy atom. The number of benzene rings is 1. The lowest BCUT2D eigenvalue weighted by Crippen LogP contribution is -2.36. The Labute approximate surface area is 119 Å². The molecule has 1 aliphatic rings. The molecule has 4 N–H and O–H groups in total. The van der Waals surface area contributed by atoms with Crippen molar-refractivity contribution in [2.24, 2.45) is 16.8 Å². The zero-order valence-electron chi connectivity index (χ0n) is 12.1. The molecular formula is C15H23N3O2. The molecule has 0 radical (unpaired) electrons. The number of methoxy groups -OCH3 is 1. The highest BCUT2D eigenvalue weighted by Gasteiger charge is 2.23. The van der Waals surface area contributed by atoms with Crippen molar-refractivity contribution in [1.82, 2.24) is 5.32 Å². The largest absolute Gasteiger partial charge is 0.496 e. The van der Waals surface area contributed by atoms with Gasteiger partial charge in [-0.2, -0.15) is 0 Å². The predicted octanol–water partition coefficient (Wildman–Crippen LogP) is 2.07. The minimum Gasteiger partial charge on any atom is -0.496 e. The van der Waals surface area contributed by atoms with Gasteiger partial charge in [0, 0.05) is 12.6 Å². The molecule has 1 aromatic carbocycles. The van der Waals surface area contributed by atoms with E-state index in [1.165, 1.54) is 19.3 Å². The van der Waals surface area contributed by atoms with Gasteiger partial charge in [-0.25, -0.2) is 0 Å². The van der Waals surface area contributed by atoms with Gasteiger partial charge in [0.05, 0.1) is 12.7 Å². The van der Waals surface area contributed by atoms with Crippen LogP contribution in [0.5, 0.6) is 5.75 Å². The lowest BCUT2D eigenvalue weighted by molar-refractivity contribution is 0.240. The van der Waals surface area contributed by atoms with E-state index in [1.54, 1.807) is 7.11 Å². The van der Waals surface area contributed by atoms with E-state index in [9.17, 15) is 0 Å². The second kappa shape index (κ2) is 6.61. The second-order valence-corrected chi connectivity index (χ2v) is 5.38. The van der Waals surface area contributed by atoms with Crippen LogP contribution in [0.15, 0.2) is 23.4 Å². The van der Waals surface area contributed by atoms with Crippen LogP contribution in [0.1, 0.15) is 37.3 Å². The Kier molecular flexibility index (Phi) is 4.84. The van der Waals surface area contributed by atoms with Crippen LogP contribution in [0, 0.1) is 5.92 Å². The van der Waals surface area contributed by atoms with Crippen molar-refractivity contribution < 1.29 is 9.94 Å². The fraction of sp³-hybridized carbons (Fsp3) is 0.533. The smallest absolute Gasteiger partial charge is 0.173 e. The van der Waals surface area contributed by atoms with Crippen molar-refractivity contribution in [3.8, 4) is 5.75 Å². The predicted molar refractivity (Wildman–Crippen MR) is 79.1 cm³/mol. The molecule has 0 heterocycles. The zero-order valence-corrected chi connectivity index (χ0v) is 12.1. The van der Waals surface area contributed by atoms with Gasteiger partial charge in [-0.15, -0.1) is 0 Å². The van der Waals surface area contributed by atoms with Gasteiger partial charge in [0.1, 0.15) is 5.75 Å². The Bertz CT molecular complexity index is 484. The lowest BCUT2D eigenvalue weighted by atomic mass is 9.80. The first-order valence-electron chi connectivity index (χ1n) is 7.04. The number of oxime groups is 1. The Hall–Kier alpha value is -1.75. The van der Waals surface area contributed by atoms with E-state index in [-0.39, 0.29) is 5.84 Å². The molecule has 5 nitrogen and oxygen atoms in total. The minimum atomic E-state index is 0.0655. The standard InChI is InChI=1S/C15H23N3O2/c1-10(12-4-3-5-12)17-9-11-6-7-14(20-2)13(8-11)15(16)18-19/h6-8,10,12,17,19H,3-5,9H2,1-2H3,(H2,16,18). The molecule has 0 aromatic heterocycles. The van der Waals surface area contributed by atoms with E-state index in [0.717, 1.165) is 18.0 Å². The quantitative estimate of drug-likeness (QED) is 0.322. The Balaban J connectivity index is 2.04. The van der Waals surface area contributed by atoms with Crippen LogP contribution in [0.3, 0.4) is 0 Å². The maximum Gasteiger partial charge on any atom is 0.173 e. The number of hydrogen-bond acceptors (Lipinski definition) is 4. The number of rotatable bonds is 6. The third kappa shape index (κ3) is 3.22. The summed E-state index contributed by atoms with van der Waals surface area (Å²) in [6.07, 6.45) is 4.01. The first-order chi connectivity index (χ1) is 9.65. The molecule has 0 amide bonds. The van der Waals surface area contributed by atoms with E-state index < -0.39 is 0 Å². The molecule has 0 saturated heterocycles. The van der Waals surface area contributed by atoms with E-state index in [0.29, 0.717) is 17.4 Å². The summed E-state index contributed by atoms with van der Waals surface area (Å²) in [6.45, 7) is 3.01. The molecule has 20 heavy (non-hydrogen) atoms. The van der Waals surface area contributed by atoms with Crippen LogP contribution in [0.4, 0.5) is 0 Å². The van der Waals surface area contributed by atoms with Crippen LogP contribution >= 0.6 is 0 Å². The molecule has 0 bridgehead atoms. The van der Waals surface area contributed by atoms with Crippen LogP contribution in [-0.4, -0.2) is 24.2 Å². The normalized spacial score (nSPS) is 17.6.